The van der Waals surface area contributed by atoms with Gasteiger partial charge in [0.15, 0.2) is 5.82 Å². The fourth-order valence-electron chi connectivity index (χ4n) is 3.88. The Labute approximate surface area is 190 Å². The summed E-state index contributed by atoms with van der Waals surface area (Å²) >= 11 is 6.09. The predicted molar refractivity (Wildman–Crippen MR) is 123 cm³/mol. The molecule has 32 heavy (non-hydrogen) atoms. The van der Waals surface area contributed by atoms with Gasteiger partial charge in [-0.2, -0.15) is 4.98 Å². The van der Waals surface area contributed by atoms with E-state index in [1.54, 1.807) is 4.57 Å². The molecule has 2 aromatic heterocycles. The molecule has 0 aliphatic carbocycles. The average Bonchev–Trinajstić information content (AvgIpc) is 3.40. The van der Waals surface area contributed by atoms with Crippen LogP contribution in [0.4, 0.5) is 5.82 Å². The van der Waals surface area contributed by atoms with E-state index in [1.165, 1.54) is 4.57 Å². The Morgan fingerprint density at radius 1 is 1.06 bits per heavy atom. The minimum Gasteiger partial charge on any atom is -0.339 e. The third kappa shape index (κ3) is 4.91. The number of halogens is 1. The standard InChI is InChI=1S/C23H26ClN5O3/c1-2-3-7-12-28-21-17(15-18(24)25-21)22(30)29(23(28)31)13-8-11-20-26-19(27-32-20)14-16-9-5-4-6-10-16/h4-6,9-10H,2-3,7-8,11-15H2,1H3. The summed E-state index contributed by atoms with van der Waals surface area (Å²) in [5.41, 5.74) is 0.949. The molecule has 9 heteroatoms. The molecular formula is C23H26ClN5O3. The topological polar surface area (TPSA) is 95.3 Å². The lowest BCUT2D eigenvalue weighted by molar-refractivity contribution is 0.366. The highest BCUT2D eigenvalue weighted by atomic mass is 35.5. The van der Waals surface area contributed by atoms with E-state index >= 15 is 0 Å². The molecule has 1 aliphatic heterocycles. The Morgan fingerprint density at radius 2 is 1.84 bits per heavy atom. The quantitative estimate of drug-likeness (QED) is 0.435. The van der Waals surface area contributed by atoms with Crippen molar-refractivity contribution < 1.29 is 4.52 Å². The molecule has 1 aromatic carbocycles. The van der Waals surface area contributed by atoms with Gasteiger partial charge in [-0.1, -0.05) is 66.9 Å². The van der Waals surface area contributed by atoms with Gasteiger partial charge in [0.05, 0.1) is 5.56 Å². The number of rotatable bonds is 10. The molecule has 0 amide bonds. The van der Waals surface area contributed by atoms with Crippen molar-refractivity contribution >= 4 is 22.6 Å². The average molecular weight is 456 g/mol. The molecule has 0 fully saturated rings. The molecule has 0 saturated heterocycles. The first-order valence-electron chi connectivity index (χ1n) is 11.0. The molecule has 0 bridgehead atoms. The molecule has 4 rings (SSSR count). The molecule has 0 radical (unpaired) electrons. The van der Waals surface area contributed by atoms with Gasteiger partial charge in [0.25, 0.3) is 5.56 Å². The molecule has 0 saturated carbocycles. The van der Waals surface area contributed by atoms with Crippen molar-refractivity contribution in [1.82, 2.24) is 19.3 Å². The molecule has 0 spiro atoms. The Kier molecular flexibility index (Phi) is 6.99. The molecule has 3 heterocycles. The Balaban J connectivity index is 1.46. The van der Waals surface area contributed by atoms with Crippen molar-refractivity contribution in [2.75, 3.05) is 0 Å². The Hall–Kier alpha value is -3.00. The monoisotopic (exact) mass is 455 g/mol. The lowest BCUT2D eigenvalue weighted by Gasteiger charge is -2.13. The molecular weight excluding hydrogens is 430 g/mol. The summed E-state index contributed by atoms with van der Waals surface area (Å²) in [6.45, 7) is 2.90. The van der Waals surface area contributed by atoms with E-state index in [2.05, 4.69) is 22.1 Å². The summed E-state index contributed by atoms with van der Waals surface area (Å²) in [6.07, 6.45) is 4.77. The molecule has 168 valence electrons. The van der Waals surface area contributed by atoms with Crippen LogP contribution in [-0.4, -0.2) is 24.4 Å². The van der Waals surface area contributed by atoms with Crippen molar-refractivity contribution in [3.63, 3.8) is 0 Å². The van der Waals surface area contributed by atoms with Crippen LogP contribution in [0.2, 0.25) is 0 Å². The third-order valence-electron chi connectivity index (χ3n) is 5.51. The smallest absolute Gasteiger partial charge is 0.332 e. The number of aromatic nitrogens is 4. The lowest BCUT2D eigenvalue weighted by Crippen LogP contribution is -2.41. The van der Waals surface area contributed by atoms with Crippen LogP contribution >= 0.6 is 11.6 Å². The van der Waals surface area contributed by atoms with E-state index in [0.29, 0.717) is 54.1 Å². The Bertz CT molecular complexity index is 1230. The predicted octanol–water partition coefficient (Wildman–Crippen LogP) is 3.63. The number of hydrogen-bond acceptors (Lipinski definition) is 6. The summed E-state index contributed by atoms with van der Waals surface area (Å²) in [4.78, 5) is 34.7. The number of aryl methyl sites for hydroxylation is 1. The number of hydrogen-bond donors (Lipinski definition) is 0. The van der Waals surface area contributed by atoms with Gasteiger partial charge in [-0.15, -0.1) is 0 Å². The van der Waals surface area contributed by atoms with E-state index in [4.69, 9.17) is 16.1 Å². The molecule has 0 unspecified atom stereocenters. The summed E-state index contributed by atoms with van der Waals surface area (Å²) in [5, 5.41) is 4.38. The van der Waals surface area contributed by atoms with Crippen LogP contribution in [0.5, 0.6) is 0 Å². The largest absolute Gasteiger partial charge is 0.339 e. The van der Waals surface area contributed by atoms with Gasteiger partial charge in [0.1, 0.15) is 11.0 Å². The number of fused-ring (bicyclic) bond motifs is 1. The maximum atomic E-state index is 13.1. The van der Waals surface area contributed by atoms with Crippen LogP contribution in [0.1, 0.15) is 55.4 Å². The highest BCUT2D eigenvalue weighted by Crippen LogP contribution is 2.24. The van der Waals surface area contributed by atoms with Gasteiger partial charge < -0.3 is 4.52 Å². The van der Waals surface area contributed by atoms with Gasteiger partial charge >= 0.3 is 5.69 Å². The number of unbranched alkanes of at least 4 members (excludes halogenated alkanes) is 2. The Morgan fingerprint density at radius 3 is 2.62 bits per heavy atom. The first-order chi connectivity index (χ1) is 15.6. The van der Waals surface area contributed by atoms with Crippen molar-refractivity contribution in [1.29, 1.82) is 0 Å². The summed E-state index contributed by atoms with van der Waals surface area (Å²) < 4.78 is 8.22. The highest BCUT2D eigenvalue weighted by Gasteiger charge is 2.24. The maximum absolute atomic E-state index is 13.1. The number of aliphatic imine (C=N–C) groups is 1. The minimum atomic E-state index is -0.338. The summed E-state index contributed by atoms with van der Waals surface area (Å²) in [6, 6.07) is 9.93. The van der Waals surface area contributed by atoms with Gasteiger partial charge in [-0.3, -0.25) is 13.9 Å². The SMILES string of the molecule is CCCCCn1c2c(c(=O)n(CCCc3nc(Cc4ccccc4)no3)c1=O)CC(Cl)=N2. The van der Waals surface area contributed by atoms with Gasteiger partial charge in [0.2, 0.25) is 5.89 Å². The fourth-order valence-corrected chi connectivity index (χ4v) is 4.09. The highest BCUT2D eigenvalue weighted by molar-refractivity contribution is 6.66. The molecule has 1 aliphatic rings. The molecule has 8 nitrogen and oxygen atoms in total. The lowest BCUT2D eigenvalue weighted by atomic mass is 10.1. The van der Waals surface area contributed by atoms with Crippen molar-refractivity contribution in [2.24, 2.45) is 4.99 Å². The van der Waals surface area contributed by atoms with E-state index in [-0.39, 0.29) is 24.2 Å². The minimum absolute atomic E-state index is 0.271. The van der Waals surface area contributed by atoms with Crippen molar-refractivity contribution in [3.8, 4) is 0 Å². The third-order valence-corrected chi connectivity index (χ3v) is 5.73. The van der Waals surface area contributed by atoms with E-state index in [9.17, 15) is 9.59 Å². The van der Waals surface area contributed by atoms with Gasteiger partial charge in [0, 0.05) is 32.4 Å². The van der Waals surface area contributed by atoms with Crippen molar-refractivity contribution in [3.05, 3.63) is 74.0 Å². The van der Waals surface area contributed by atoms with Crippen LogP contribution in [0, 0.1) is 0 Å². The zero-order chi connectivity index (χ0) is 22.5. The fraction of sp³-hybridized carbons (Fsp3) is 0.435. The second-order valence-corrected chi connectivity index (χ2v) is 8.37. The van der Waals surface area contributed by atoms with Crippen LogP contribution in [0.3, 0.4) is 0 Å². The second kappa shape index (κ2) is 10.1. The normalized spacial score (nSPS) is 12.8. The van der Waals surface area contributed by atoms with Crippen molar-refractivity contribution in [2.45, 2.75) is 65.0 Å². The van der Waals surface area contributed by atoms with E-state index in [1.807, 2.05) is 30.3 Å². The molecule has 3 aromatic rings. The van der Waals surface area contributed by atoms with Gasteiger partial charge in [-0.05, 0) is 18.4 Å². The number of nitrogens with zero attached hydrogens (tertiary/aromatic N) is 5. The first-order valence-corrected chi connectivity index (χ1v) is 11.4. The van der Waals surface area contributed by atoms with Crippen LogP contribution in [0.25, 0.3) is 0 Å². The molecule has 0 N–H and O–H groups in total. The van der Waals surface area contributed by atoms with E-state index < -0.39 is 0 Å². The summed E-state index contributed by atoms with van der Waals surface area (Å²) in [7, 11) is 0. The molecule has 0 atom stereocenters. The van der Waals surface area contributed by atoms with E-state index in [0.717, 1.165) is 24.8 Å². The summed E-state index contributed by atoms with van der Waals surface area (Å²) in [5.74, 6) is 1.53. The number of benzene rings is 1. The van der Waals surface area contributed by atoms with Crippen LogP contribution in [-0.2, 0) is 32.4 Å². The van der Waals surface area contributed by atoms with Crippen LogP contribution in [0.15, 0.2) is 49.4 Å². The van der Waals surface area contributed by atoms with Gasteiger partial charge in [-0.25, -0.2) is 9.79 Å². The first kappa shape index (κ1) is 22.2. The maximum Gasteiger partial charge on any atom is 0.332 e. The van der Waals surface area contributed by atoms with Crippen LogP contribution < -0.4 is 11.2 Å². The second-order valence-electron chi connectivity index (χ2n) is 7.94. The zero-order valence-corrected chi connectivity index (χ0v) is 18.8. The zero-order valence-electron chi connectivity index (χ0n) is 18.1.